The number of hydrogen-bond acceptors (Lipinski definition) is 4. The predicted molar refractivity (Wildman–Crippen MR) is 109 cm³/mol. The van der Waals surface area contributed by atoms with Crippen LogP contribution in [0.3, 0.4) is 0 Å². The summed E-state index contributed by atoms with van der Waals surface area (Å²) in [4.78, 5) is 20.3. The number of pyridine rings is 1. The summed E-state index contributed by atoms with van der Waals surface area (Å²) in [6.45, 7) is 2.35. The topological polar surface area (TPSA) is 42.4 Å². The van der Waals surface area contributed by atoms with Crippen LogP contribution in [-0.2, 0) is 11.3 Å². The number of aromatic nitrogens is 1. The van der Waals surface area contributed by atoms with Gasteiger partial charge < -0.3 is 4.74 Å². The highest BCUT2D eigenvalue weighted by molar-refractivity contribution is 6.08. The normalized spacial score (nSPS) is 24.9. The maximum Gasteiger partial charge on any atom is 0.168 e. The first kappa shape index (κ1) is 17.5. The summed E-state index contributed by atoms with van der Waals surface area (Å²) in [5, 5.41) is 2.04. The molecule has 5 rings (SSSR count). The van der Waals surface area contributed by atoms with Crippen LogP contribution in [0, 0.1) is 5.92 Å². The fourth-order valence-electron chi connectivity index (χ4n) is 4.79. The fourth-order valence-corrected chi connectivity index (χ4v) is 4.79. The lowest BCUT2D eigenvalue weighted by atomic mass is 9.80. The molecule has 0 saturated carbocycles. The molecule has 0 aliphatic carbocycles. The number of carbonyl (C=O) groups excluding carboxylic acids is 1. The molecule has 0 N–H and O–H groups in total. The van der Waals surface area contributed by atoms with Gasteiger partial charge >= 0.3 is 0 Å². The summed E-state index contributed by atoms with van der Waals surface area (Å²) in [6, 6.07) is 19.2. The van der Waals surface area contributed by atoms with Crippen LogP contribution in [0.25, 0.3) is 10.8 Å². The van der Waals surface area contributed by atoms with Crippen molar-refractivity contribution in [2.24, 2.45) is 5.92 Å². The molecule has 2 atom stereocenters. The van der Waals surface area contributed by atoms with Gasteiger partial charge in [0.2, 0.25) is 0 Å². The zero-order valence-electron chi connectivity index (χ0n) is 15.8. The van der Waals surface area contributed by atoms with Crippen LogP contribution in [-0.4, -0.2) is 41.0 Å². The minimum atomic E-state index is 0.0403. The molecule has 2 unspecified atom stereocenters. The molecular formula is C24H24N2O2. The number of ketones is 1. The fraction of sp³-hybridized carbons (Fsp3) is 0.333. The number of ether oxygens (including phenoxy) is 1. The second-order valence-electron chi connectivity index (χ2n) is 7.94. The number of rotatable bonds is 4. The Balaban J connectivity index is 1.39. The van der Waals surface area contributed by atoms with E-state index >= 15 is 0 Å². The quantitative estimate of drug-likeness (QED) is 0.647. The third-order valence-corrected chi connectivity index (χ3v) is 6.18. The van der Waals surface area contributed by atoms with Crippen molar-refractivity contribution >= 4 is 16.6 Å². The molecule has 4 heteroatoms. The van der Waals surface area contributed by atoms with Gasteiger partial charge in [0, 0.05) is 47.9 Å². The smallest absolute Gasteiger partial charge is 0.168 e. The van der Waals surface area contributed by atoms with E-state index in [1.54, 1.807) is 6.20 Å². The lowest BCUT2D eigenvalue weighted by Crippen LogP contribution is -2.57. The monoisotopic (exact) mass is 372 g/mol. The van der Waals surface area contributed by atoms with Gasteiger partial charge in [-0.25, -0.2) is 0 Å². The molecule has 142 valence electrons. The first-order valence-electron chi connectivity index (χ1n) is 10.0. The number of hydrogen-bond donors (Lipinski definition) is 0. The second-order valence-corrected chi connectivity index (χ2v) is 7.94. The highest BCUT2D eigenvalue weighted by atomic mass is 16.5. The molecule has 3 aromatic rings. The van der Waals surface area contributed by atoms with Crippen molar-refractivity contribution < 1.29 is 9.53 Å². The second kappa shape index (κ2) is 7.46. The molecule has 28 heavy (non-hydrogen) atoms. The zero-order valence-corrected chi connectivity index (χ0v) is 15.8. The highest BCUT2D eigenvalue weighted by Gasteiger charge is 2.41. The summed E-state index contributed by atoms with van der Waals surface area (Å²) in [5.41, 5.74) is 2.08. The number of fused-ring (bicyclic) bond motifs is 3. The van der Waals surface area contributed by atoms with Gasteiger partial charge in [-0.15, -0.1) is 0 Å². The van der Waals surface area contributed by atoms with E-state index in [-0.39, 0.29) is 11.7 Å². The van der Waals surface area contributed by atoms with Gasteiger partial charge in [-0.05, 0) is 23.8 Å². The average molecular weight is 372 g/mol. The largest absolute Gasteiger partial charge is 0.378 e. The van der Waals surface area contributed by atoms with E-state index in [1.807, 2.05) is 30.5 Å². The Morgan fingerprint density at radius 2 is 1.68 bits per heavy atom. The number of Topliss-reactive ketones (excluding diaryl/α,β-unsaturated/α-hetero) is 1. The zero-order chi connectivity index (χ0) is 18.9. The van der Waals surface area contributed by atoms with Gasteiger partial charge in [-0.2, -0.15) is 0 Å². The summed E-state index contributed by atoms with van der Waals surface area (Å²) < 4.78 is 5.84. The van der Waals surface area contributed by atoms with Gasteiger partial charge in [-0.3, -0.25) is 14.7 Å². The van der Waals surface area contributed by atoms with E-state index in [4.69, 9.17) is 4.74 Å². The van der Waals surface area contributed by atoms with Crippen molar-refractivity contribution in [3.63, 3.8) is 0 Å². The molecule has 4 nitrogen and oxygen atoms in total. The Labute approximate surface area is 165 Å². The molecule has 2 fully saturated rings. The van der Waals surface area contributed by atoms with Crippen LogP contribution in [0.5, 0.6) is 0 Å². The van der Waals surface area contributed by atoms with Crippen molar-refractivity contribution in [1.29, 1.82) is 0 Å². The lowest BCUT2D eigenvalue weighted by Gasteiger charge is -2.48. The summed E-state index contributed by atoms with van der Waals surface area (Å²) >= 11 is 0. The van der Waals surface area contributed by atoms with E-state index in [0.29, 0.717) is 25.3 Å². The SMILES string of the molecule is O=C(c1cncc2ccccc12)C1CC2COCC(C1)N2Cc1ccccc1. The number of piperidine rings is 1. The van der Waals surface area contributed by atoms with Gasteiger partial charge in [-0.1, -0.05) is 54.6 Å². The third kappa shape index (κ3) is 3.23. The van der Waals surface area contributed by atoms with Crippen molar-refractivity contribution in [2.75, 3.05) is 13.2 Å². The van der Waals surface area contributed by atoms with Crippen LogP contribution in [0.2, 0.25) is 0 Å². The molecule has 3 heterocycles. The van der Waals surface area contributed by atoms with Crippen molar-refractivity contribution in [3.8, 4) is 0 Å². The van der Waals surface area contributed by atoms with E-state index in [1.165, 1.54) is 5.56 Å². The number of morpholine rings is 1. The number of nitrogens with zero attached hydrogens (tertiary/aromatic N) is 2. The minimum absolute atomic E-state index is 0.0403. The van der Waals surface area contributed by atoms with Gasteiger partial charge in [0.1, 0.15) is 0 Å². The van der Waals surface area contributed by atoms with Crippen molar-refractivity contribution in [2.45, 2.75) is 31.5 Å². The highest BCUT2D eigenvalue weighted by Crippen LogP contribution is 2.35. The maximum atomic E-state index is 13.4. The Kier molecular flexibility index (Phi) is 4.67. The molecule has 2 aromatic carbocycles. The van der Waals surface area contributed by atoms with Crippen LogP contribution in [0.15, 0.2) is 67.0 Å². The Hall–Kier alpha value is -2.56. The standard InChI is InChI=1S/C24H24N2O2/c27-24(23-13-25-12-18-8-4-5-9-22(18)23)19-10-20-15-28-16-21(11-19)26(20)14-17-6-2-1-3-7-17/h1-9,12-13,19-21H,10-11,14-16H2. The van der Waals surface area contributed by atoms with Crippen molar-refractivity contribution in [3.05, 3.63) is 78.1 Å². The summed E-state index contributed by atoms with van der Waals surface area (Å²) in [5.74, 6) is 0.277. The van der Waals surface area contributed by atoms with Crippen molar-refractivity contribution in [1.82, 2.24) is 9.88 Å². The first-order valence-corrected chi connectivity index (χ1v) is 10.0. The van der Waals surface area contributed by atoms with Crippen LogP contribution in [0.4, 0.5) is 0 Å². The molecule has 2 aliphatic rings. The van der Waals surface area contributed by atoms with E-state index in [9.17, 15) is 4.79 Å². The van der Waals surface area contributed by atoms with Crippen LogP contribution < -0.4 is 0 Å². The molecule has 0 spiro atoms. The number of carbonyl (C=O) groups is 1. The maximum absolute atomic E-state index is 13.4. The molecule has 2 bridgehead atoms. The Morgan fingerprint density at radius 1 is 0.964 bits per heavy atom. The van der Waals surface area contributed by atoms with E-state index < -0.39 is 0 Å². The van der Waals surface area contributed by atoms with Crippen LogP contribution in [0.1, 0.15) is 28.8 Å². The van der Waals surface area contributed by atoms with E-state index in [0.717, 1.165) is 35.7 Å². The molecular weight excluding hydrogens is 348 g/mol. The minimum Gasteiger partial charge on any atom is -0.378 e. The van der Waals surface area contributed by atoms with E-state index in [2.05, 4.69) is 40.2 Å². The Bertz CT molecular complexity index is 969. The predicted octanol–water partition coefficient (Wildman–Crippen LogP) is 4.10. The molecule has 0 amide bonds. The molecule has 1 aromatic heterocycles. The number of benzene rings is 2. The van der Waals surface area contributed by atoms with Gasteiger partial charge in [0.05, 0.1) is 13.2 Å². The van der Waals surface area contributed by atoms with Gasteiger partial charge in [0.25, 0.3) is 0 Å². The van der Waals surface area contributed by atoms with Gasteiger partial charge in [0.15, 0.2) is 5.78 Å². The Morgan fingerprint density at radius 3 is 2.46 bits per heavy atom. The molecule has 2 saturated heterocycles. The molecule has 2 aliphatic heterocycles. The lowest BCUT2D eigenvalue weighted by molar-refractivity contribution is -0.0872. The molecule has 0 radical (unpaired) electrons. The van der Waals surface area contributed by atoms with Crippen LogP contribution >= 0.6 is 0 Å². The third-order valence-electron chi connectivity index (χ3n) is 6.18. The summed E-state index contributed by atoms with van der Waals surface area (Å²) in [6.07, 6.45) is 5.28. The summed E-state index contributed by atoms with van der Waals surface area (Å²) in [7, 11) is 0. The first-order chi connectivity index (χ1) is 13.8. The average Bonchev–Trinajstić information content (AvgIpc) is 2.73.